The van der Waals surface area contributed by atoms with Crippen molar-refractivity contribution in [2.45, 2.75) is 95.8 Å². The van der Waals surface area contributed by atoms with E-state index in [9.17, 15) is 9.59 Å². The first-order chi connectivity index (χ1) is 14.2. The molecule has 4 unspecified atom stereocenters. The van der Waals surface area contributed by atoms with Crippen molar-refractivity contribution in [3.05, 3.63) is 35.9 Å². The van der Waals surface area contributed by atoms with Crippen LogP contribution in [-0.2, 0) is 20.4 Å². The number of hydrogen-bond donors (Lipinski definition) is 2. The number of carbonyl (C=O) groups is 2. The highest BCUT2D eigenvalue weighted by molar-refractivity contribution is 6.74. The Morgan fingerprint density at radius 2 is 1.74 bits per heavy atom. The van der Waals surface area contributed by atoms with Crippen molar-refractivity contribution in [3.63, 3.8) is 0 Å². The van der Waals surface area contributed by atoms with Gasteiger partial charge in [-0.1, -0.05) is 51.1 Å². The van der Waals surface area contributed by atoms with Gasteiger partial charge in [-0.05, 0) is 50.9 Å². The second kappa shape index (κ2) is 8.33. The molecular formula is C24H39N3O3Si. The minimum Gasteiger partial charge on any atom is -0.415 e. The molecule has 6 nitrogen and oxygen atoms in total. The van der Waals surface area contributed by atoms with E-state index < -0.39 is 20.4 Å². The van der Waals surface area contributed by atoms with Crippen LogP contribution < -0.4 is 10.6 Å². The molecule has 0 bridgehead atoms. The lowest BCUT2D eigenvalue weighted by molar-refractivity contribution is -0.133. The Morgan fingerprint density at radius 3 is 2.29 bits per heavy atom. The molecule has 0 spiro atoms. The second-order valence-corrected chi connectivity index (χ2v) is 16.3. The van der Waals surface area contributed by atoms with Crippen molar-refractivity contribution in [3.8, 4) is 0 Å². The van der Waals surface area contributed by atoms with Gasteiger partial charge < -0.3 is 14.6 Å². The number of rotatable bonds is 6. The minimum atomic E-state index is -1.94. The van der Waals surface area contributed by atoms with Crippen molar-refractivity contribution in [1.29, 1.82) is 0 Å². The first-order valence-corrected chi connectivity index (χ1v) is 14.2. The molecule has 2 fully saturated rings. The van der Waals surface area contributed by atoms with Gasteiger partial charge in [-0.2, -0.15) is 0 Å². The third kappa shape index (κ3) is 5.38. The van der Waals surface area contributed by atoms with E-state index in [1.54, 1.807) is 0 Å². The van der Waals surface area contributed by atoms with Crippen LogP contribution in [0, 0.1) is 0 Å². The van der Waals surface area contributed by atoms with Gasteiger partial charge in [0.15, 0.2) is 8.32 Å². The Kier molecular flexibility index (Phi) is 6.44. The fraction of sp³-hybridized carbons (Fsp3) is 0.667. The maximum Gasteiger partial charge on any atom is 0.240 e. The predicted octanol–water partition coefficient (Wildman–Crippen LogP) is 3.09. The Balaban J connectivity index is 1.77. The van der Waals surface area contributed by atoms with E-state index in [4.69, 9.17) is 4.43 Å². The Morgan fingerprint density at radius 1 is 1.13 bits per heavy atom. The highest BCUT2D eigenvalue weighted by atomic mass is 28.4. The minimum absolute atomic E-state index is 0.0504. The smallest absolute Gasteiger partial charge is 0.240 e. The Labute approximate surface area is 188 Å². The summed E-state index contributed by atoms with van der Waals surface area (Å²) in [5, 5.41) is 6.57. The molecule has 2 N–H and O–H groups in total. The van der Waals surface area contributed by atoms with Crippen LogP contribution in [0.15, 0.2) is 30.3 Å². The molecule has 0 saturated carbocycles. The largest absolute Gasteiger partial charge is 0.415 e. The third-order valence-corrected chi connectivity index (χ3v) is 11.2. The van der Waals surface area contributed by atoms with E-state index in [-0.39, 0.29) is 34.5 Å². The molecule has 7 heteroatoms. The Bertz CT molecular complexity index is 814. The summed E-state index contributed by atoms with van der Waals surface area (Å²) in [5.74, 6) is 0.0142. The van der Waals surface area contributed by atoms with Gasteiger partial charge in [-0.15, -0.1) is 0 Å². The summed E-state index contributed by atoms with van der Waals surface area (Å²) in [6.07, 6.45) is 0.567. The van der Waals surface area contributed by atoms with Crippen LogP contribution in [-0.4, -0.2) is 61.3 Å². The molecule has 0 radical (unpaired) electrons. The van der Waals surface area contributed by atoms with E-state index in [2.05, 4.69) is 44.5 Å². The van der Waals surface area contributed by atoms with E-state index in [1.807, 2.05) is 56.0 Å². The second-order valence-electron chi connectivity index (χ2n) is 11.5. The lowest BCUT2D eigenvalue weighted by Crippen LogP contribution is -2.61. The van der Waals surface area contributed by atoms with Crippen LogP contribution in [0.1, 0.15) is 47.1 Å². The summed E-state index contributed by atoms with van der Waals surface area (Å²) >= 11 is 0. The van der Waals surface area contributed by atoms with E-state index >= 15 is 0 Å². The number of amides is 2. The van der Waals surface area contributed by atoms with Crippen LogP contribution in [0.25, 0.3) is 0 Å². The standard InChI is InChI=1S/C24H39N3O3Si/c1-23(2,3)26-21(28)19-20-18(15-30-31(7,8)24(4,5)6)27(20)22(29)17(25-19)14-16-12-10-9-11-13-16/h9-13,17-20,25H,14-15H2,1-8H3,(H,26,28). The van der Waals surface area contributed by atoms with Crippen molar-refractivity contribution >= 4 is 20.1 Å². The molecular weight excluding hydrogens is 406 g/mol. The molecule has 0 aliphatic carbocycles. The fourth-order valence-electron chi connectivity index (χ4n) is 3.92. The number of benzene rings is 1. The lowest BCUT2D eigenvalue weighted by Gasteiger charge is -2.36. The fourth-order valence-corrected chi connectivity index (χ4v) is 4.94. The van der Waals surface area contributed by atoms with Gasteiger partial charge in [0, 0.05) is 5.54 Å². The SMILES string of the molecule is CC(C)(C)NC(=O)C1NC(Cc2ccccc2)C(=O)N2C(CO[Si](C)(C)C(C)(C)C)C12. The topological polar surface area (TPSA) is 70.4 Å². The molecule has 31 heavy (non-hydrogen) atoms. The number of nitrogens with one attached hydrogen (secondary N) is 2. The molecule has 0 aromatic heterocycles. The van der Waals surface area contributed by atoms with Gasteiger partial charge in [0.25, 0.3) is 0 Å². The third-order valence-electron chi connectivity index (χ3n) is 6.74. The molecule has 2 aliphatic rings. The summed E-state index contributed by atoms with van der Waals surface area (Å²) < 4.78 is 6.43. The van der Waals surface area contributed by atoms with Crippen LogP contribution in [0.5, 0.6) is 0 Å². The zero-order valence-corrected chi connectivity index (χ0v) is 21.3. The summed E-state index contributed by atoms with van der Waals surface area (Å²) in [6.45, 7) is 17.5. The molecule has 172 valence electrons. The summed E-state index contributed by atoms with van der Waals surface area (Å²) in [4.78, 5) is 28.2. The number of fused-ring (bicyclic) bond motifs is 1. The van der Waals surface area contributed by atoms with Gasteiger partial charge in [0.05, 0.1) is 24.7 Å². The maximum absolute atomic E-state index is 13.2. The molecule has 3 rings (SSSR count). The molecule has 2 aliphatic heterocycles. The monoisotopic (exact) mass is 445 g/mol. The van der Waals surface area contributed by atoms with E-state index in [1.165, 1.54) is 0 Å². The normalized spacial score (nSPS) is 26.5. The van der Waals surface area contributed by atoms with E-state index in [0.29, 0.717) is 13.0 Å². The molecule has 2 saturated heterocycles. The van der Waals surface area contributed by atoms with Crippen molar-refractivity contribution in [2.24, 2.45) is 0 Å². The summed E-state index contributed by atoms with van der Waals surface area (Å²) in [5.41, 5.74) is 0.750. The summed E-state index contributed by atoms with van der Waals surface area (Å²) in [6, 6.07) is 8.92. The zero-order chi connectivity index (χ0) is 23.2. The van der Waals surface area contributed by atoms with Gasteiger partial charge in [0.1, 0.15) is 6.04 Å². The number of piperazine rings is 1. The van der Waals surface area contributed by atoms with Crippen molar-refractivity contribution < 1.29 is 14.0 Å². The lowest BCUT2D eigenvalue weighted by atomic mass is 10.00. The van der Waals surface area contributed by atoms with Crippen molar-refractivity contribution in [1.82, 2.24) is 15.5 Å². The average molecular weight is 446 g/mol. The quantitative estimate of drug-likeness (QED) is 0.521. The van der Waals surface area contributed by atoms with Gasteiger partial charge in [-0.25, -0.2) is 0 Å². The van der Waals surface area contributed by atoms with Crippen LogP contribution in [0.3, 0.4) is 0 Å². The van der Waals surface area contributed by atoms with Gasteiger partial charge in [0.2, 0.25) is 11.8 Å². The van der Waals surface area contributed by atoms with Crippen LogP contribution >= 0.6 is 0 Å². The average Bonchev–Trinajstić information content (AvgIpc) is 3.35. The Hall–Kier alpha value is -1.70. The van der Waals surface area contributed by atoms with Crippen molar-refractivity contribution in [2.75, 3.05) is 6.61 Å². The van der Waals surface area contributed by atoms with Gasteiger partial charge in [-0.3, -0.25) is 14.9 Å². The molecule has 1 aromatic rings. The first kappa shape index (κ1) is 23.9. The predicted molar refractivity (Wildman–Crippen MR) is 126 cm³/mol. The molecule has 1 aromatic carbocycles. The number of carbonyl (C=O) groups excluding carboxylic acids is 2. The highest BCUT2D eigenvalue weighted by Crippen LogP contribution is 2.40. The number of nitrogens with zero attached hydrogens (tertiary/aromatic N) is 1. The highest BCUT2D eigenvalue weighted by Gasteiger charge is 2.62. The summed E-state index contributed by atoms with van der Waals surface area (Å²) in [7, 11) is -1.94. The van der Waals surface area contributed by atoms with E-state index in [0.717, 1.165) is 5.56 Å². The molecule has 4 atom stereocenters. The van der Waals surface area contributed by atoms with Crippen LogP contribution in [0.2, 0.25) is 18.1 Å². The number of hydrogen-bond acceptors (Lipinski definition) is 4. The molecule has 2 amide bonds. The first-order valence-electron chi connectivity index (χ1n) is 11.3. The van der Waals surface area contributed by atoms with Crippen LogP contribution in [0.4, 0.5) is 0 Å². The maximum atomic E-state index is 13.2. The molecule has 2 heterocycles. The van der Waals surface area contributed by atoms with Gasteiger partial charge >= 0.3 is 0 Å². The zero-order valence-electron chi connectivity index (χ0n) is 20.3.